The molecule has 0 bridgehead atoms. The van der Waals surface area contributed by atoms with E-state index < -0.39 is 6.09 Å². The highest BCUT2D eigenvalue weighted by molar-refractivity contribution is 5.64. The number of methoxy groups -OCH3 is 1. The zero-order valence-electron chi connectivity index (χ0n) is 10.3. The number of aromatic nitrogens is 2. The van der Waals surface area contributed by atoms with Crippen molar-refractivity contribution in [2.75, 3.05) is 13.7 Å². The fraction of sp³-hybridized carbons (Fsp3) is 0.250. The molecule has 0 aliphatic rings. The number of hydrogen-bond donors (Lipinski definition) is 2. The van der Waals surface area contributed by atoms with Crippen molar-refractivity contribution in [2.24, 2.45) is 0 Å². The summed E-state index contributed by atoms with van der Waals surface area (Å²) in [5.41, 5.74) is 0.704. The van der Waals surface area contributed by atoms with E-state index in [0.29, 0.717) is 29.5 Å². The number of ether oxygens (including phenoxy) is 1. The van der Waals surface area contributed by atoms with Crippen LogP contribution in [-0.2, 0) is 6.42 Å². The number of hydrogen-bond acceptors (Lipinski definition) is 5. The molecule has 0 fully saturated rings. The average molecular weight is 263 g/mol. The minimum absolute atomic E-state index is 0.225. The molecule has 0 spiro atoms. The normalized spacial score (nSPS) is 10.2. The molecule has 100 valence electrons. The van der Waals surface area contributed by atoms with Gasteiger partial charge in [-0.05, 0) is 12.1 Å². The van der Waals surface area contributed by atoms with E-state index in [0.717, 1.165) is 0 Å². The van der Waals surface area contributed by atoms with E-state index in [-0.39, 0.29) is 6.54 Å². The van der Waals surface area contributed by atoms with Gasteiger partial charge in [0.1, 0.15) is 5.75 Å². The Bertz CT molecular complexity index is 568. The Kier molecular flexibility index (Phi) is 3.97. The smallest absolute Gasteiger partial charge is 0.404 e. The first kappa shape index (κ1) is 12.9. The Morgan fingerprint density at radius 1 is 1.42 bits per heavy atom. The summed E-state index contributed by atoms with van der Waals surface area (Å²) in [4.78, 5) is 10.3. The van der Waals surface area contributed by atoms with Crippen LogP contribution in [0.1, 0.15) is 5.89 Å². The molecule has 0 atom stereocenters. The molecule has 19 heavy (non-hydrogen) atoms. The monoisotopic (exact) mass is 263 g/mol. The van der Waals surface area contributed by atoms with Gasteiger partial charge in [-0.3, -0.25) is 0 Å². The quantitative estimate of drug-likeness (QED) is 0.849. The summed E-state index contributed by atoms with van der Waals surface area (Å²) >= 11 is 0. The number of rotatable bonds is 5. The lowest BCUT2D eigenvalue weighted by atomic mass is 10.2. The average Bonchev–Trinajstić information content (AvgIpc) is 2.87. The van der Waals surface area contributed by atoms with Gasteiger partial charge in [0.05, 0.1) is 12.7 Å². The molecule has 0 radical (unpaired) electrons. The molecule has 7 heteroatoms. The summed E-state index contributed by atoms with van der Waals surface area (Å²) in [5.74, 6) is 1.36. The van der Waals surface area contributed by atoms with Crippen LogP contribution in [0, 0.1) is 0 Å². The molecular weight excluding hydrogens is 250 g/mol. The first-order chi connectivity index (χ1) is 9.20. The van der Waals surface area contributed by atoms with Crippen LogP contribution in [0.2, 0.25) is 0 Å². The van der Waals surface area contributed by atoms with Crippen LogP contribution in [0.4, 0.5) is 4.79 Å². The van der Waals surface area contributed by atoms with E-state index in [1.165, 1.54) is 0 Å². The summed E-state index contributed by atoms with van der Waals surface area (Å²) in [6.07, 6.45) is -0.737. The maximum Gasteiger partial charge on any atom is 0.404 e. The number of benzene rings is 1. The third-order valence-corrected chi connectivity index (χ3v) is 2.42. The minimum atomic E-state index is -1.08. The van der Waals surface area contributed by atoms with Gasteiger partial charge in [0.15, 0.2) is 0 Å². The summed E-state index contributed by atoms with van der Waals surface area (Å²) in [5, 5.41) is 18.5. The number of nitrogens with one attached hydrogen (secondary N) is 1. The molecule has 0 aliphatic carbocycles. The second kappa shape index (κ2) is 5.85. The van der Waals surface area contributed by atoms with Crippen molar-refractivity contribution in [2.45, 2.75) is 6.42 Å². The van der Waals surface area contributed by atoms with Crippen LogP contribution in [0.15, 0.2) is 28.7 Å². The molecule has 0 saturated carbocycles. The molecule has 2 rings (SSSR count). The molecular formula is C12H13N3O4. The lowest BCUT2D eigenvalue weighted by Crippen LogP contribution is -2.23. The fourth-order valence-electron chi connectivity index (χ4n) is 1.56. The summed E-state index contributed by atoms with van der Waals surface area (Å²) in [6, 6.07) is 7.29. The van der Waals surface area contributed by atoms with Gasteiger partial charge in [-0.15, -0.1) is 10.2 Å². The van der Waals surface area contributed by atoms with Crippen LogP contribution in [-0.4, -0.2) is 35.1 Å². The lowest BCUT2D eigenvalue weighted by molar-refractivity contribution is 0.194. The summed E-state index contributed by atoms with van der Waals surface area (Å²) < 4.78 is 10.7. The predicted octanol–water partition coefficient (Wildman–Crippen LogP) is 1.56. The van der Waals surface area contributed by atoms with Crippen molar-refractivity contribution >= 4 is 6.09 Å². The summed E-state index contributed by atoms with van der Waals surface area (Å²) in [7, 11) is 1.56. The Morgan fingerprint density at radius 2 is 2.21 bits per heavy atom. The van der Waals surface area contributed by atoms with Gasteiger partial charge in [-0.1, -0.05) is 12.1 Å². The molecule has 2 N–H and O–H groups in total. The van der Waals surface area contributed by atoms with Crippen molar-refractivity contribution in [3.63, 3.8) is 0 Å². The van der Waals surface area contributed by atoms with E-state index in [4.69, 9.17) is 14.3 Å². The van der Waals surface area contributed by atoms with Crippen molar-refractivity contribution in [1.29, 1.82) is 0 Å². The molecule has 2 aromatic rings. The Balaban J connectivity index is 2.10. The Morgan fingerprint density at radius 3 is 2.95 bits per heavy atom. The standard InChI is InChI=1S/C12H13N3O4/c1-18-9-5-3-2-4-8(9)11-15-14-10(19-11)6-7-13-12(16)17/h2-5,13H,6-7H2,1H3,(H,16,17). The van der Waals surface area contributed by atoms with Crippen molar-refractivity contribution < 1.29 is 19.1 Å². The number of carbonyl (C=O) groups is 1. The maximum atomic E-state index is 10.3. The van der Waals surface area contributed by atoms with Crippen molar-refractivity contribution in [1.82, 2.24) is 15.5 Å². The summed E-state index contributed by atoms with van der Waals surface area (Å²) in [6.45, 7) is 0.225. The van der Waals surface area contributed by atoms with Gasteiger partial charge in [-0.25, -0.2) is 4.79 Å². The van der Waals surface area contributed by atoms with Gasteiger partial charge < -0.3 is 19.6 Å². The maximum absolute atomic E-state index is 10.3. The second-order valence-corrected chi connectivity index (χ2v) is 3.68. The molecule has 1 aromatic carbocycles. The molecule has 0 aliphatic heterocycles. The molecule has 0 saturated heterocycles. The Hall–Kier alpha value is -2.57. The van der Waals surface area contributed by atoms with E-state index in [1.807, 2.05) is 18.2 Å². The van der Waals surface area contributed by atoms with Crippen LogP contribution in [0.25, 0.3) is 11.5 Å². The highest BCUT2D eigenvalue weighted by atomic mass is 16.5. The van der Waals surface area contributed by atoms with E-state index in [2.05, 4.69) is 15.5 Å². The number of carboxylic acid groups (broad SMARTS) is 1. The number of amides is 1. The SMILES string of the molecule is COc1ccccc1-c1nnc(CCNC(=O)O)o1. The molecule has 0 unspecified atom stereocenters. The minimum Gasteiger partial charge on any atom is -0.496 e. The largest absolute Gasteiger partial charge is 0.496 e. The van der Waals surface area contributed by atoms with Crippen molar-refractivity contribution in [3.05, 3.63) is 30.2 Å². The van der Waals surface area contributed by atoms with Gasteiger partial charge in [0.2, 0.25) is 5.89 Å². The Labute approximate surface area is 109 Å². The predicted molar refractivity (Wildman–Crippen MR) is 66.0 cm³/mol. The third kappa shape index (κ3) is 3.21. The van der Waals surface area contributed by atoms with Crippen molar-refractivity contribution in [3.8, 4) is 17.2 Å². The first-order valence-electron chi connectivity index (χ1n) is 5.63. The molecule has 7 nitrogen and oxygen atoms in total. The van der Waals surface area contributed by atoms with Gasteiger partial charge in [0.25, 0.3) is 5.89 Å². The zero-order chi connectivity index (χ0) is 13.7. The first-order valence-corrected chi connectivity index (χ1v) is 5.63. The van der Waals surface area contributed by atoms with Gasteiger partial charge in [-0.2, -0.15) is 0 Å². The highest BCUT2D eigenvalue weighted by Crippen LogP contribution is 2.28. The van der Waals surface area contributed by atoms with E-state index in [9.17, 15) is 4.79 Å². The van der Waals surface area contributed by atoms with Crippen LogP contribution < -0.4 is 10.1 Å². The number of para-hydroxylation sites is 1. The zero-order valence-corrected chi connectivity index (χ0v) is 10.3. The van der Waals surface area contributed by atoms with Crippen LogP contribution in [0.5, 0.6) is 5.75 Å². The van der Waals surface area contributed by atoms with E-state index >= 15 is 0 Å². The van der Waals surface area contributed by atoms with Crippen LogP contribution >= 0.6 is 0 Å². The second-order valence-electron chi connectivity index (χ2n) is 3.68. The van der Waals surface area contributed by atoms with Crippen LogP contribution in [0.3, 0.4) is 0 Å². The fourth-order valence-corrected chi connectivity index (χ4v) is 1.56. The van der Waals surface area contributed by atoms with E-state index in [1.54, 1.807) is 13.2 Å². The lowest BCUT2D eigenvalue weighted by Gasteiger charge is -2.03. The van der Waals surface area contributed by atoms with Gasteiger partial charge >= 0.3 is 6.09 Å². The highest BCUT2D eigenvalue weighted by Gasteiger charge is 2.12. The molecule has 1 heterocycles. The molecule has 1 aromatic heterocycles. The molecule has 1 amide bonds. The third-order valence-electron chi connectivity index (χ3n) is 2.42. The topological polar surface area (TPSA) is 97.5 Å². The number of nitrogens with zero attached hydrogens (tertiary/aromatic N) is 2. The van der Waals surface area contributed by atoms with Gasteiger partial charge in [0, 0.05) is 13.0 Å².